The van der Waals surface area contributed by atoms with E-state index in [2.05, 4.69) is 27.2 Å². The smallest absolute Gasteiger partial charge is 0.339 e. The highest BCUT2D eigenvalue weighted by molar-refractivity contribution is 5.96. The van der Waals surface area contributed by atoms with Crippen LogP contribution in [0, 0.1) is 0 Å². The summed E-state index contributed by atoms with van der Waals surface area (Å²) in [7, 11) is 1.31. The molecule has 0 spiro atoms. The van der Waals surface area contributed by atoms with Gasteiger partial charge in [-0.15, -0.1) is 6.58 Å². The third-order valence-electron chi connectivity index (χ3n) is 2.90. The minimum absolute atomic E-state index is 0.265. The molecule has 7 heteroatoms. The Morgan fingerprint density at radius 2 is 1.96 bits per heavy atom. The first-order valence-electron chi connectivity index (χ1n) is 6.81. The number of hydrogen-bond donors (Lipinski definition) is 2. The highest BCUT2D eigenvalue weighted by Crippen LogP contribution is 2.19. The molecular weight excluding hydrogens is 296 g/mol. The van der Waals surface area contributed by atoms with Gasteiger partial charge in [0.2, 0.25) is 5.95 Å². The van der Waals surface area contributed by atoms with Gasteiger partial charge in [0, 0.05) is 18.9 Å². The third kappa shape index (κ3) is 4.13. The quantitative estimate of drug-likeness (QED) is 0.625. The van der Waals surface area contributed by atoms with Crippen LogP contribution in [-0.4, -0.2) is 35.5 Å². The Morgan fingerprint density at radius 1 is 1.26 bits per heavy atom. The van der Waals surface area contributed by atoms with Crippen molar-refractivity contribution >= 4 is 23.5 Å². The largest absolute Gasteiger partial charge is 0.465 e. The standard InChI is InChI=1S/C16H16N4O3/c1-3-8-17-14(21)11-9-18-16(19-10-11)20-13-7-5-4-6-12(13)15(22)23-2/h3-7,9-10H,1,8H2,2H3,(H,17,21)(H,18,19,20). The highest BCUT2D eigenvalue weighted by atomic mass is 16.5. The average molecular weight is 312 g/mol. The summed E-state index contributed by atoms with van der Waals surface area (Å²) in [5.74, 6) is -0.485. The number of hydrogen-bond acceptors (Lipinski definition) is 6. The molecule has 0 saturated carbocycles. The summed E-state index contributed by atoms with van der Waals surface area (Å²) in [5.41, 5.74) is 1.22. The molecule has 0 fully saturated rings. The highest BCUT2D eigenvalue weighted by Gasteiger charge is 2.12. The molecule has 0 aliphatic rings. The Morgan fingerprint density at radius 3 is 2.61 bits per heavy atom. The zero-order valence-electron chi connectivity index (χ0n) is 12.6. The van der Waals surface area contributed by atoms with Gasteiger partial charge in [-0.25, -0.2) is 14.8 Å². The maximum atomic E-state index is 11.7. The van der Waals surface area contributed by atoms with Crippen LogP contribution in [0.25, 0.3) is 0 Å². The van der Waals surface area contributed by atoms with Crippen LogP contribution < -0.4 is 10.6 Å². The van der Waals surface area contributed by atoms with Crippen molar-refractivity contribution in [3.63, 3.8) is 0 Å². The number of esters is 1. The maximum absolute atomic E-state index is 11.7. The summed E-state index contributed by atoms with van der Waals surface area (Å²) in [6, 6.07) is 6.84. The molecule has 1 aromatic heterocycles. The Labute approximate surface area is 133 Å². The summed E-state index contributed by atoms with van der Waals surface area (Å²) in [4.78, 5) is 31.6. The van der Waals surface area contributed by atoms with Crippen molar-refractivity contribution in [3.05, 3.63) is 60.4 Å². The fraction of sp³-hybridized carbons (Fsp3) is 0.125. The lowest BCUT2D eigenvalue weighted by Gasteiger charge is -2.09. The molecule has 0 aliphatic heterocycles. The molecular formula is C16H16N4O3. The van der Waals surface area contributed by atoms with Crippen LogP contribution in [0.4, 0.5) is 11.6 Å². The Hall–Kier alpha value is -3.22. The normalized spacial score (nSPS) is 9.78. The maximum Gasteiger partial charge on any atom is 0.339 e. The van der Waals surface area contributed by atoms with Crippen molar-refractivity contribution in [3.8, 4) is 0 Å². The summed E-state index contributed by atoms with van der Waals surface area (Å²) in [6.07, 6.45) is 4.38. The molecule has 0 bridgehead atoms. The molecule has 1 amide bonds. The molecule has 7 nitrogen and oxygen atoms in total. The van der Waals surface area contributed by atoms with Crippen LogP contribution in [0.2, 0.25) is 0 Å². The van der Waals surface area contributed by atoms with E-state index in [9.17, 15) is 9.59 Å². The van der Waals surface area contributed by atoms with E-state index < -0.39 is 5.97 Å². The van der Waals surface area contributed by atoms with Crippen molar-refractivity contribution < 1.29 is 14.3 Å². The number of ether oxygens (including phenoxy) is 1. The van der Waals surface area contributed by atoms with Crippen LogP contribution in [-0.2, 0) is 4.74 Å². The monoisotopic (exact) mass is 312 g/mol. The van der Waals surface area contributed by atoms with Crippen molar-refractivity contribution in [2.75, 3.05) is 19.0 Å². The number of anilines is 2. The van der Waals surface area contributed by atoms with Crippen LogP contribution in [0.1, 0.15) is 20.7 Å². The van der Waals surface area contributed by atoms with Gasteiger partial charge in [-0.3, -0.25) is 4.79 Å². The van der Waals surface area contributed by atoms with Crippen molar-refractivity contribution in [2.45, 2.75) is 0 Å². The number of rotatable bonds is 6. The number of carbonyl (C=O) groups excluding carboxylic acids is 2. The average Bonchev–Trinajstić information content (AvgIpc) is 2.60. The number of aromatic nitrogens is 2. The Balaban J connectivity index is 2.14. The van der Waals surface area contributed by atoms with Gasteiger partial charge in [-0.1, -0.05) is 18.2 Å². The first-order chi connectivity index (χ1) is 11.2. The Bertz CT molecular complexity index is 714. The van der Waals surface area contributed by atoms with Crippen LogP contribution in [0.15, 0.2) is 49.3 Å². The van der Waals surface area contributed by atoms with Gasteiger partial charge in [-0.2, -0.15) is 0 Å². The fourth-order valence-electron chi connectivity index (χ4n) is 1.78. The first-order valence-corrected chi connectivity index (χ1v) is 6.81. The molecule has 23 heavy (non-hydrogen) atoms. The number of nitrogens with zero attached hydrogens (tertiary/aromatic N) is 2. The van der Waals surface area contributed by atoms with E-state index in [0.717, 1.165) is 0 Å². The van der Waals surface area contributed by atoms with Gasteiger partial charge in [0.15, 0.2) is 0 Å². The zero-order valence-corrected chi connectivity index (χ0v) is 12.6. The van der Waals surface area contributed by atoms with Gasteiger partial charge in [-0.05, 0) is 12.1 Å². The molecule has 2 rings (SSSR count). The molecule has 2 aromatic rings. The van der Waals surface area contributed by atoms with Gasteiger partial charge in [0.05, 0.1) is 23.9 Å². The molecule has 1 aromatic carbocycles. The molecule has 1 heterocycles. The lowest BCUT2D eigenvalue weighted by atomic mass is 10.2. The molecule has 0 radical (unpaired) electrons. The molecule has 0 saturated heterocycles. The predicted molar refractivity (Wildman–Crippen MR) is 85.6 cm³/mol. The topological polar surface area (TPSA) is 93.2 Å². The van der Waals surface area contributed by atoms with E-state index in [0.29, 0.717) is 23.4 Å². The summed E-state index contributed by atoms with van der Waals surface area (Å²) < 4.78 is 4.72. The Kier molecular flexibility index (Phi) is 5.40. The SMILES string of the molecule is C=CCNC(=O)c1cnc(Nc2ccccc2C(=O)OC)nc1. The van der Waals surface area contributed by atoms with E-state index in [-0.39, 0.29) is 11.9 Å². The second-order valence-corrected chi connectivity index (χ2v) is 4.46. The molecule has 0 unspecified atom stereocenters. The number of para-hydroxylation sites is 1. The van der Waals surface area contributed by atoms with Crippen LogP contribution in [0.5, 0.6) is 0 Å². The van der Waals surface area contributed by atoms with E-state index in [1.165, 1.54) is 19.5 Å². The fourth-order valence-corrected chi connectivity index (χ4v) is 1.78. The van der Waals surface area contributed by atoms with Gasteiger partial charge in [0.25, 0.3) is 5.91 Å². The second kappa shape index (κ2) is 7.69. The molecule has 2 N–H and O–H groups in total. The lowest BCUT2D eigenvalue weighted by molar-refractivity contribution is 0.0601. The van der Waals surface area contributed by atoms with Gasteiger partial charge < -0.3 is 15.4 Å². The number of carbonyl (C=O) groups is 2. The number of amides is 1. The van der Waals surface area contributed by atoms with E-state index in [1.807, 2.05) is 0 Å². The minimum atomic E-state index is -0.464. The predicted octanol–water partition coefficient (Wildman–Crippen LogP) is 1.92. The van der Waals surface area contributed by atoms with E-state index in [1.54, 1.807) is 30.3 Å². The third-order valence-corrected chi connectivity index (χ3v) is 2.90. The van der Waals surface area contributed by atoms with Crippen LogP contribution >= 0.6 is 0 Å². The number of nitrogens with one attached hydrogen (secondary N) is 2. The van der Waals surface area contributed by atoms with Crippen LogP contribution in [0.3, 0.4) is 0 Å². The minimum Gasteiger partial charge on any atom is -0.465 e. The lowest BCUT2D eigenvalue weighted by Crippen LogP contribution is -2.23. The summed E-state index contributed by atoms with van der Waals surface area (Å²) >= 11 is 0. The first kappa shape index (κ1) is 16.2. The summed E-state index contributed by atoms with van der Waals surface area (Å²) in [5, 5.41) is 5.56. The van der Waals surface area contributed by atoms with Crippen molar-refractivity contribution in [1.82, 2.24) is 15.3 Å². The van der Waals surface area contributed by atoms with Crippen molar-refractivity contribution in [2.24, 2.45) is 0 Å². The van der Waals surface area contributed by atoms with E-state index in [4.69, 9.17) is 4.74 Å². The van der Waals surface area contributed by atoms with Crippen molar-refractivity contribution in [1.29, 1.82) is 0 Å². The second-order valence-electron chi connectivity index (χ2n) is 4.46. The number of methoxy groups -OCH3 is 1. The zero-order chi connectivity index (χ0) is 16.7. The number of benzene rings is 1. The molecule has 0 aliphatic carbocycles. The van der Waals surface area contributed by atoms with Gasteiger partial charge >= 0.3 is 5.97 Å². The van der Waals surface area contributed by atoms with Gasteiger partial charge in [0.1, 0.15) is 0 Å². The van der Waals surface area contributed by atoms with E-state index >= 15 is 0 Å². The molecule has 118 valence electrons. The summed E-state index contributed by atoms with van der Waals surface area (Å²) in [6.45, 7) is 3.89. The molecule has 0 atom stereocenters.